The number of carboxylic acids is 1. The number of likely N-dealkylation sites (N-methyl/N-ethyl adjacent to an activating group) is 1. The van der Waals surface area contributed by atoms with E-state index in [4.69, 9.17) is 9.84 Å². The maximum Gasteiger partial charge on any atom is 0.335 e. The van der Waals surface area contributed by atoms with Crippen LogP contribution < -0.4 is 0 Å². The number of nitrogens with zero attached hydrogens (tertiary/aromatic N) is 1. The van der Waals surface area contributed by atoms with Crippen molar-refractivity contribution in [2.24, 2.45) is 0 Å². The van der Waals surface area contributed by atoms with Crippen LogP contribution >= 0.6 is 0 Å². The third-order valence-corrected chi connectivity index (χ3v) is 2.84. The summed E-state index contributed by atoms with van der Waals surface area (Å²) in [6, 6.07) is 3.01. The van der Waals surface area contributed by atoms with Crippen LogP contribution in [-0.4, -0.2) is 48.7 Å². The van der Waals surface area contributed by atoms with Gasteiger partial charge in [-0.15, -0.1) is 0 Å². The molecule has 1 aromatic rings. The van der Waals surface area contributed by atoms with Crippen LogP contribution in [0.15, 0.2) is 18.2 Å². The molecular weight excluding hydrogens is 253 g/mol. The van der Waals surface area contributed by atoms with Crippen molar-refractivity contribution in [3.8, 4) is 0 Å². The normalized spacial score (nSPS) is 12.0. The van der Waals surface area contributed by atoms with Gasteiger partial charge in [0, 0.05) is 14.2 Å². The van der Waals surface area contributed by atoms with Gasteiger partial charge in [0.2, 0.25) is 0 Å². The Morgan fingerprint density at radius 3 is 2.58 bits per heavy atom. The number of carbonyl (C=O) groups excluding carboxylic acids is 1. The molecule has 0 saturated heterocycles. The van der Waals surface area contributed by atoms with Gasteiger partial charge in [-0.25, -0.2) is 9.18 Å². The highest BCUT2D eigenvalue weighted by atomic mass is 19.1. The van der Waals surface area contributed by atoms with E-state index in [1.807, 2.05) is 0 Å². The number of rotatable bonds is 5. The monoisotopic (exact) mass is 269 g/mol. The lowest BCUT2D eigenvalue weighted by molar-refractivity contribution is 0.0626. The molecule has 0 fully saturated rings. The van der Waals surface area contributed by atoms with Gasteiger partial charge in [-0.3, -0.25) is 4.79 Å². The first-order chi connectivity index (χ1) is 8.88. The first kappa shape index (κ1) is 15.1. The minimum Gasteiger partial charge on any atom is -0.478 e. The number of ether oxygens (including phenoxy) is 1. The molecule has 0 bridgehead atoms. The molecule has 6 heteroatoms. The quantitative estimate of drug-likeness (QED) is 0.882. The molecule has 1 aromatic carbocycles. The van der Waals surface area contributed by atoms with Crippen LogP contribution in [0.2, 0.25) is 0 Å². The van der Waals surface area contributed by atoms with E-state index in [9.17, 15) is 14.0 Å². The fourth-order valence-corrected chi connectivity index (χ4v) is 1.56. The van der Waals surface area contributed by atoms with Gasteiger partial charge < -0.3 is 14.7 Å². The van der Waals surface area contributed by atoms with E-state index >= 15 is 0 Å². The number of benzene rings is 1. The zero-order chi connectivity index (χ0) is 14.6. The minimum atomic E-state index is -1.24. The van der Waals surface area contributed by atoms with E-state index in [1.165, 1.54) is 31.2 Å². The maximum absolute atomic E-state index is 13.7. The van der Waals surface area contributed by atoms with Crippen LogP contribution in [-0.2, 0) is 4.74 Å². The molecule has 1 unspecified atom stereocenters. The number of carboxylic acid groups (broad SMARTS) is 1. The minimum absolute atomic E-state index is 0.157. The lowest BCUT2D eigenvalue weighted by atomic mass is 10.1. The van der Waals surface area contributed by atoms with E-state index < -0.39 is 17.7 Å². The summed E-state index contributed by atoms with van der Waals surface area (Å²) in [7, 11) is 3.05. The maximum atomic E-state index is 13.7. The summed E-state index contributed by atoms with van der Waals surface area (Å²) >= 11 is 0. The number of amides is 1. The summed E-state index contributed by atoms with van der Waals surface area (Å²) < 4.78 is 18.7. The molecule has 5 nitrogen and oxygen atoms in total. The van der Waals surface area contributed by atoms with Gasteiger partial charge in [0.15, 0.2) is 0 Å². The number of hydrogen-bond acceptors (Lipinski definition) is 3. The van der Waals surface area contributed by atoms with Crippen LogP contribution in [0.25, 0.3) is 0 Å². The molecule has 0 spiro atoms. The lowest BCUT2D eigenvalue weighted by Crippen LogP contribution is -2.38. The third-order valence-electron chi connectivity index (χ3n) is 2.84. The number of aromatic carboxylic acids is 1. The smallest absolute Gasteiger partial charge is 0.335 e. The first-order valence-corrected chi connectivity index (χ1v) is 5.67. The summed E-state index contributed by atoms with van der Waals surface area (Å²) in [6.07, 6.45) is 0. The Morgan fingerprint density at radius 2 is 2.11 bits per heavy atom. The van der Waals surface area contributed by atoms with E-state index in [2.05, 4.69) is 0 Å². The fraction of sp³-hybridized carbons (Fsp3) is 0.385. The number of hydrogen-bond donors (Lipinski definition) is 1. The molecule has 1 rings (SSSR count). The molecule has 1 amide bonds. The Morgan fingerprint density at radius 1 is 1.47 bits per heavy atom. The number of halogens is 1. The van der Waals surface area contributed by atoms with Gasteiger partial charge >= 0.3 is 5.97 Å². The van der Waals surface area contributed by atoms with Gasteiger partial charge in [-0.1, -0.05) is 0 Å². The fourth-order valence-electron chi connectivity index (χ4n) is 1.56. The van der Waals surface area contributed by atoms with E-state index in [1.54, 1.807) is 6.92 Å². The summed E-state index contributed by atoms with van der Waals surface area (Å²) in [6.45, 7) is 2.10. The van der Waals surface area contributed by atoms with Gasteiger partial charge in [0.05, 0.1) is 23.8 Å². The van der Waals surface area contributed by atoms with Crippen molar-refractivity contribution < 1.29 is 23.8 Å². The standard InChI is InChI=1S/C13H16FNO4/c1-8(7-19-3)15(2)12(16)10-5-4-9(13(17)18)6-11(10)14/h4-6,8H,7H2,1-3H3,(H,17,18). The van der Waals surface area contributed by atoms with E-state index in [-0.39, 0.29) is 17.2 Å². The number of methoxy groups -OCH3 is 1. The second-order valence-corrected chi connectivity index (χ2v) is 4.22. The van der Waals surface area contributed by atoms with Crippen molar-refractivity contribution in [2.45, 2.75) is 13.0 Å². The van der Waals surface area contributed by atoms with Crippen molar-refractivity contribution in [1.29, 1.82) is 0 Å². The predicted molar refractivity (Wildman–Crippen MR) is 66.8 cm³/mol. The van der Waals surface area contributed by atoms with Gasteiger partial charge in [0.1, 0.15) is 5.82 Å². The molecule has 0 aliphatic carbocycles. The van der Waals surface area contributed by atoms with Crippen LogP contribution in [0.1, 0.15) is 27.6 Å². The van der Waals surface area contributed by atoms with Gasteiger partial charge in [-0.05, 0) is 25.1 Å². The predicted octanol–water partition coefficient (Wildman–Crippen LogP) is 1.63. The molecular formula is C13H16FNO4. The SMILES string of the molecule is COCC(C)N(C)C(=O)c1ccc(C(=O)O)cc1F. The Balaban J connectivity index is 2.97. The van der Waals surface area contributed by atoms with Crippen LogP contribution in [0, 0.1) is 5.82 Å². The molecule has 104 valence electrons. The van der Waals surface area contributed by atoms with E-state index in [0.29, 0.717) is 6.61 Å². The molecule has 0 saturated carbocycles. The molecule has 0 aliphatic rings. The molecule has 0 aromatic heterocycles. The summed E-state index contributed by atoms with van der Waals surface area (Å²) in [4.78, 5) is 24.1. The van der Waals surface area contributed by atoms with Crippen molar-refractivity contribution in [2.75, 3.05) is 20.8 Å². The molecule has 0 aliphatic heterocycles. The lowest BCUT2D eigenvalue weighted by Gasteiger charge is -2.24. The topological polar surface area (TPSA) is 66.8 Å². The molecule has 1 N–H and O–H groups in total. The third kappa shape index (κ3) is 3.51. The number of carbonyl (C=O) groups is 2. The molecule has 0 heterocycles. The molecule has 1 atom stereocenters. The average Bonchev–Trinajstić information content (AvgIpc) is 2.37. The highest BCUT2D eigenvalue weighted by Gasteiger charge is 2.21. The largest absolute Gasteiger partial charge is 0.478 e. The second-order valence-electron chi connectivity index (χ2n) is 4.22. The van der Waals surface area contributed by atoms with Gasteiger partial charge in [-0.2, -0.15) is 0 Å². The Labute approximate surface area is 110 Å². The van der Waals surface area contributed by atoms with Crippen LogP contribution in [0.4, 0.5) is 4.39 Å². The highest BCUT2D eigenvalue weighted by molar-refractivity contribution is 5.96. The summed E-state index contributed by atoms with van der Waals surface area (Å²) in [5.41, 5.74) is -0.350. The van der Waals surface area contributed by atoms with Gasteiger partial charge in [0.25, 0.3) is 5.91 Å². The first-order valence-electron chi connectivity index (χ1n) is 5.67. The molecule has 19 heavy (non-hydrogen) atoms. The van der Waals surface area contributed by atoms with Crippen molar-refractivity contribution >= 4 is 11.9 Å². The summed E-state index contributed by atoms with van der Waals surface area (Å²) in [5.74, 6) is -2.60. The average molecular weight is 269 g/mol. The zero-order valence-corrected chi connectivity index (χ0v) is 11.0. The second kappa shape index (κ2) is 6.29. The summed E-state index contributed by atoms with van der Waals surface area (Å²) in [5, 5.41) is 8.73. The molecule has 0 radical (unpaired) electrons. The Hall–Kier alpha value is -1.95. The van der Waals surface area contributed by atoms with Crippen molar-refractivity contribution in [3.05, 3.63) is 35.1 Å². The van der Waals surface area contributed by atoms with E-state index in [0.717, 1.165) is 6.07 Å². The Bertz CT molecular complexity index is 490. The van der Waals surface area contributed by atoms with Crippen molar-refractivity contribution in [3.63, 3.8) is 0 Å². The zero-order valence-electron chi connectivity index (χ0n) is 11.0. The van der Waals surface area contributed by atoms with Crippen molar-refractivity contribution in [1.82, 2.24) is 4.90 Å². The van der Waals surface area contributed by atoms with Crippen LogP contribution in [0.5, 0.6) is 0 Å². The van der Waals surface area contributed by atoms with Crippen LogP contribution in [0.3, 0.4) is 0 Å². The highest BCUT2D eigenvalue weighted by Crippen LogP contribution is 2.14. The Kier molecular flexibility index (Phi) is 5.00.